The maximum absolute atomic E-state index is 4.50. The SMILES string of the molecule is Cn1cnc2c1C1(CCCC1)NCC2. The Labute approximate surface area is 84.5 Å². The van der Waals surface area contributed by atoms with Crippen LogP contribution in [-0.4, -0.2) is 16.1 Å². The maximum Gasteiger partial charge on any atom is 0.0949 e. The average molecular weight is 191 g/mol. The molecule has 14 heavy (non-hydrogen) atoms. The van der Waals surface area contributed by atoms with Crippen molar-refractivity contribution in [3.05, 3.63) is 17.7 Å². The summed E-state index contributed by atoms with van der Waals surface area (Å²) in [4.78, 5) is 4.50. The number of fused-ring (bicyclic) bond motifs is 2. The second-order valence-electron chi connectivity index (χ2n) is 4.62. The summed E-state index contributed by atoms with van der Waals surface area (Å²) in [6.07, 6.45) is 8.37. The molecule has 76 valence electrons. The van der Waals surface area contributed by atoms with Crippen molar-refractivity contribution in [2.45, 2.75) is 37.6 Å². The van der Waals surface area contributed by atoms with Crippen LogP contribution in [0.3, 0.4) is 0 Å². The third-order valence-electron chi connectivity index (χ3n) is 3.75. The van der Waals surface area contributed by atoms with E-state index < -0.39 is 0 Å². The van der Waals surface area contributed by atoms with Crippen molar-refractivity contribution >= 4 is 0 Å². The van der Waals surface area contributed by atoms with Crippen LogP contribution >= 0.6 is 0 Å². The van der Waals surface area contributed by atoms with Gasteiger partial charge in [-0.05, 0) is 12.8 Å². The quantitative estimate of drug-likeness (QED) is 0.670. The highest BCUT2D eigenvalue weighted by atomic mass is 15.1. The summed E-state index contributed by atoms with van der Waals surface area (Å²) in [6, 6.07) is 0. The van der Waals surface area contributed by atoms with Crippen molar-refractivity contribution in [1.29, 1.82) is 0 Å². The molecule has 1 aliphatic carbocycles. The van der Waals surface area contributed by atoms with Gasteiger partial charge in [-0.2, -0.15) is 0 Å². The van der Waals surface area contributed by atoms with Crippen LogP contribution in [0.25, 0.3) is 0 Å². The van der Waals surface area contributed by atoms with Gasteiger partial charge in [0.25, 0.3) is 0 Å². The number of nitrogens with one attached hydrogen (secondary N) is 1. The van der Waals surface area contributed by atoms with Crippen molar-refractivity contribution in [1.82, 2.24) is 14.9 Å². The number of imidazole rings is 1. The van der Waals surface area contributed by atoms with Crippen LogP contribution in [-0.2, 0) is 19.0 Å². The minimum Gasteiger partial charge on any atom is -0.336 e. The van der Waals surface area contributed by atoms with Crippen LogP contribution in [0.5, 0.6) is 0 Å². The minimum absolute atomic E-state index is 0.277. The predicted molar refractivity (Wildman–Crippen MR) is 55.1 cm³/mol. The van der Waals surface area contributed by atoms with Crippen LogP contribution in [0.2, 0.25) is 0 Å². The molecule has 3 nitrogen and oxygen atoms in total. The molecule has 0 saturated heterocycles. The molecule has 0 bridgehead atoms. The summed E-state index contributed by atoms with van der Waals surface area (Å²) in [5, 5.41) is 3.72. The van der Waals surface area contributed by atoms with E-state index in [0.717, 1.165) is 13.0 Å². The van der Waals surface area contributed by atoms with E-state index in [1.54, 1.807) is 0 Å². The van der Waals surface area contributed by atoms with E-state index in [0.29, 0.717) is 0 Å². The van der Waals surface area contributed by atoms with Gasteiger partial charge in [0.15, 0.2) is 0 Å². The molecule has 0 atom stereocenters. The lowest BCUT2D eigenvalue weighted by molar-refractivity contribution is 0.305. The van der Waals surface area contributed by atoms with Gasteiger partial charge < -0.3 is 9.88 Å². The molecular weight excluding hydrogens is 174 g/mol. The summed E-state index contributed by atoms with van der Waals surface area (Å²) in [5.74, 6) is 0. The van der Waals surface area contributed by atoms with Crippen LogP contribution in [0.4, 0.5) is 0 Å². The lowest BCUT2D eigenvalue weighted by Gasteiger charge is -2.35. The van der Waals surface area contributed by atoms with Gasteiger partial charge in [0.1, 0.15) is 0 Å². The second kappa shape index (κ2) is 2.83. The predicted octanol–water partition coefficient (Wildman–Crippen LogP) is 1.34. The molecule has 1 aromatic rings. The molecule has 0 amide bonds. The van der Waals surface area contributed by atoms with Gasteiger partial charge in [0.05, 0.1) is 23.3 Å². The number of hydrogen-bond donors (Lipinski definition) is 1. The van der Waals surface area contributed by atoms with Gasteiger partial charge in [-0.15, -0.1) is 0 Å². The number of hydrogen-bond acceptors (Lipinski definition) is 2. The van der Waals surface area contributed by atoms with Gasteiger partial charge in [-0.3, -0.25) is 0 Å². The molecule has 1 aromatic heterocycles. The largest absolute Gasteiger partial charge is 0.336 e. The molecule has 0 aromatic carbocycles. The Morgan fingerprint density at radius 3 is 3.00 bits per heavy atom. The fourth-order valence-corrected chi connectivity index (χ4v) is 3.17. The van der Waals surface area contributed by atoms with Gasteiger partial charge >= 0.3 is 0 Å². The van der Waals surface area contributed by atoms with Gasteiger partial charge in [-0.25, -0.2) is 4.98 Å². The third-order valence-corrected chi connectivity index (χ3v) is 3.75. The molecule has 1 N–H and O–H groups in total. The van der Waals surface area contributed by atoms with E-state index in [9.17, 15) is 0 Å². The summed E-state index contributed by atoms with van der Waals surface area (Å²) < 4.78 is 2.22. The molecule has 3 heteroatoms. The maximum atomic E-state index is 4.50. The Hall–Kier alpha value is -0.830. The number of aryl methyl sites for hydroxylation is 1. The number of aromatic nitrogens is 2. The van der Waals surface area contributed by atoms with E-state index in [1.807, 2.05) is 6.33 Å². The molecule has 2 heterocycles. The van der Waals surface area contributed by atoms with E-state index in [2.05, 4.69) is 21.9 Å². The first-order valence-electron chi connectivity index (χ1n) is 5.58. The Balaban J connectivity index is 2.13. The smallest absolute Gasteiger partial charge is 0.0949 e. The van der Waals surface area contributed by atoms with Crippen LogP contribution in [0, 0.1) is 0 Å². The van der Waals surface area contributed by atoms with Crippen LogP contribution in [0.15, 0.2) is 6.33 Å². The first kappa shape index (κ1) is 8.48. The number of rotatable bonds is 0. The van der Waals surface area contributed by atoms with Crippen molar-refractivity contribution < 1.29 is 0 Å². The molecule has 1 aliphatic heterocycles. The fraction of sp³-hybridized carbons (Fsp3) is 0.727. The van der Waals surface area contributed by atoms with E-state index in [4.69, 9.17) is 0 Å². The highest BCUT2D eigenvalue weighted by Crippen LogP contribution is 2.41. The lowest BCUT2D eigenvalue weighted by Crippen LogP contribution is -2.46. The number of nitrogens with zero attached hydrogens (tertiary/aromatic N) is 2. The normalized spacial score (nSPS) is 24.1. The molecule has 0 unspecified atom stereocenters. The summed E-state index contributed by atoms with van der Waals surface area (Å²) in [6.45, 7) is 1.10. The molecule has 1 fully saturated rings. The molecule has 0 radical (unpaired) electrons. The van der Waals surface area contributed by atoms with Crippen LogP contribution < -0.4 is 5.32 Å². The third kappa shape index (κ3) is 0.989. The van der Waals surface area contributed by atoms with Gasteiger partial charge in [0.2, 0.25) is 0 Å². The van der Waals surface area contributed by atoms with Crippen molar-refractivity contribution in [2.75, 3.05) is 6.54 Å². The molecule has 1 saturated carbocycles. The topological polar surface area (TPSA) is 29.9 Å². The van der Waals surface area contributed by atoms with E-state index in [1.165, 1.54) is 37.1 Å². The molecule has 1 spiro atoms. The van der Waals surface area contributed by atoms with Gasteiger partial charge in [0, 0.05) is 20.0 Å². The molecule has 2 aliphatic rings. The summed E-state index contributed by atoms with van der Waals surface area (Å²) >= 11 is 0. The second-order valence-corrected chi connectivity index (χ2v) is 4.62. The fourth-order valence-electron chi connectivity index (χ4n) is 3.17. The Morgan fingerprint density at radius 2 is 2.21 bits per heavy atom. The summed E-state index contributed by atoms with van der Waals surface area (Å²) in [5.41, 5.74) is 3.06. The van der Waals surface area contributed by atoms with Gasteiger partial charge in [-0.1, -0.05) is 12.8 Å². The Bertz CT molecular complexity index is 347. The zero-order chi connectivity index (χ0) is 9.60. The zero-order valence-corrected chi connectivity index (χ0v) is 8.71. The highest BCUT2D eigenvalue weighted by Gasteiger charge is 2.41. The van der Waals surface area contributed by atoms with E-state index >= 15 is 0 Å². The van der Waals surface area contributed by atoms with Crippen molar-refractivity contribution in [2.24, 2.45) is 7.05 Å². The first-order chi connectivity index (χ1) is 6.82. The minimum atomic E-state index is 0.277. The van der Waals surface area contributed by atoms with Crippen molar-refractivity contribution in [3.63, 3.8) is 0 Å². The average Bonchev–Trinajstić information content (AvgIpc) is 2.76. The lowest BCUT2D eigenvalue weighted by atomic mass is 9.87. The molecule has 3 rings (SSSR count). The van der Waals surface area contributed by atoms with Crippen LogP contribution in [0.1, 0.15) is 37.1 Å². The van der Waals surface area contributed by atoms with E-state index in [-0.39, 0.29) is 5.54 Å². The Kier molecular flexibility index (Phi) is 1.71. The summed E-state index contributed by atoms with van der Waals surface area (Å²) in [7, 11) is 2.12. The standard InChI is InChI=1S/C11H17N3/c1-14-8-12-9-4-7-13-11(10(9)14)5-2-3-6-11/h8,13H,2-7H2,1H3. The molecular formula is C11H17N3. The highest BCUT2D eigenvalue weighted by molar-refractivity contribution is 5.27. The monoisotopic (exact) mass is 191 g/mol. The van der Waals surface area contributed by atoms with Crippen molar-refractivity contribution in [3.8, 4) is 0 Å². The zero-order valence-electron chi connectivity index (χ0n) is 8.71. The first-order valence-corrected chi connectivity index (χ1v) is 5.58. The Morgan fingerprint density at radius 1 is 1.43 bits per heavy atom.